The van der Waals surface area contributed by atoms with Gasteiger partial charge in [0, 0.05) is 10.0 Å². The molecule has 0 heterocycles. The van der Waals surface area contributed by atoms with Crippen LogP contribution in [0.1, 0.15) is 11.1 Å². The smallest absolute Gasteiger partial charge is 0.138 e. The number of hydrogen-bond acceptors (Lipinski definition) is 2. The fourth-order valence-corrected chi connectivity index (χ4v) is 2.31. The highest BCUT2D eigenvalue weighted by Crippen LogP contribution is 2.28. The molecule has 98 valence electrons. The third-order valence-electron chi connectivity index (χ3n) is 2.53. The Kier molecular flexibility index (Phi) is 4.45. The third kappa shape index (κ3) is 3.72. The molecule has 0 aliphatic heterocycles. The fourth-order valence-electron chi connectivity index (χ4n) is 1.58. The highest BCUT2D eigenvalue weighted by atomic mass is 79.9. The van der Waals surface area contributed by atoms with E-state index in [0.29, 0.717) is 22.9 Å². The maximum Gasteiger partial charge on any atom is 0.138 e. The summed E-state index contributed by atoms with van der Waals surface area (Å²) in [6.45, 7) is 0.377. The van der Waals surface area contributed by atoms with Crippen LogP contribution in [0.4, 0.5) is 0 Å². The van der Waals surface area contributed by atoms with Crippen LogP contribution in [-0.2, 0) is 6.61 Å². The van der Waals surface area contributed by atoms with E-state index in [1.165, 1.54) is 0 Å². The van der Waals surface area contributed by atoms with E-state index in [9.17, 15) is 0 Å². The van der Waals surface area contributed by atoms with Gasteiger partial charge in [-0.05, 0) is 29.8 Å². The zero-order chi connectivity index (χ0) is 13.8. The number of amidine groups is 1. The van der Waals surface area contributed by atoms with E-state index in [4.69, 9.17) is 27.5 Å². The molecule has 0 aromatic heterocycles. The van der Waals surface area contributed by atoms with E-state index in [0.717, 1.165) is 10.0 Å². The van der Waals surface area contributed by atoms with Crippen molar-refractivity contribution in [3.63, 3.8) is 0 Å². The Morgan fingerprint density at radius 1 is 1.26 bits per heavy atom. The Balaban J connectivity index is 2.10. The van der Waals surface area contributed by atoms with Gasteiger partial charge >= 0.3 is 0 Å². The molecule has 0 fully saturated rings. The molecule has 2 rings (SSSR count). The molecule has 2 aromatic rings. The van der Waals surface area contributed by atoms with Crippen molar-refractivity contribution < 1.29 is 4.74 Å². The number of nitrogens with one attached hydrogen (secondary N) is 1. The van der Waals surface area contributed by atoms with E-state index in [-0.39, 0.29) is 5.84 Å². The van der Waals surface area contributed by atoms with Gasteiger partial charge in [-0.3, -0.25) is 5.41 Å². The molecule has 0 atom stereocenters. The van der Waals surface area contributed by atoms with Crippen LogP contribution < -0.4 is 10.5 Å². The van der Waals surface area contributed by atoms with E-state index in [1.54, 1.807) is 18.2 Å². The van der Waals surface area contributed by atoms with E-state index in [1.807, 2.05) is 24.3 Å². The number of benzene rings is 2. The van der Waals surface area contributed by atoms with Crippen LogP contribution in [-0.4, -0.2) is 5.84 Å². The van der Waals surface area contributed by atoms with Crippen molar-refractivity contribution in [1.29, 1.82) is 5.41 Å². The largest absolute Gasteiger partial charge is 0.487 e. The quantitative estimate of drug-likeness (QED) is 0.654. The van der Waals surface area contributed by atoms with Gasteiger partial charge in [0.2, 0.25) is 0 Å². The first kappa shape index (κ1) is 13.9. The summed E-state index contributed by atoms with van der Waals surface area (Å²) in [5, 5.41) is 7.95. The molecule has 0 aliphatic carbocycles. The Morgan fingerprint density at radius 2 is 2.05 bits per heavy atom. The molecular formula is C14H12BrClN2O. The lowest BCUT2D eigenvalue weighted by atomic mass is 10.1. The zero-order valence-corrected chi connectivity index (χ0v) is 12.3. The van der Waals surface area contributed by atoms with Gasteiger partial charge in [-0.1, -0.05) is 45.7 Å². The van der Waals surface area contributed by atoms with Crippen molar-refractivity contribution in [3.05, 3.63) is 63.1 Å². The lowest BCUT2D eigenvalue weighted by molar-refractivity contribution is 0.306. The summed E-state index contributed by atoms with van der Waals surface area (Å²) in [5.74, 6) is 0.668. The minimum absolute atomic E-state index is 0.0449. The number of rotatable bonds is 4. The molecule has 0 saturated heterocycles. The van der Waals surface area contributed by atoms with Crippen LogP contribution in [0.5, 0.6) is 5.75 Å². The molecule has 0 bridgehead atoms. The number of ether oxygens (including phenoxy) is 1. The standard InChI is InChI=1S/C14H12BrClN2O/c15-11-4-5-13(12(16)7-11)19-8-9-2-1-3-10(6-9)14(17)18/h1-7H,8H2,(H3,17,18). The van der Waals surface area contributed by atoms with Gasteiger partial charge in [-0.25, -0.2) is 0 Å². The lowest BCUT2D eigenvalue weighted by Gasteiger charge is -2.09. The maximum atomic E-state index is 7.40. The molecular weight excluding hydrogens is 328 g/mol. The fraction of sp³-hybridized carbons (Fsp3) is 0.0714. The molecule has 5 heteroatoms. The summed E-state index contributed by atoms with van der Waals surface area (Å²) < 4.78 is 6.55. The first-order valence-corrected chi connectivity index (χ1v) is 6.74. The predicted octanol–water partition coefficient (Wildman–Crippen LogP) is 3.97. The summed E-state index contributed by atoms with van der Waals surface area (Å²) in [6.07, 6.45) is 0. The van der Waals surface area contributed by atoms with Crippen LogP contribution in [0.2, 0.25) is 5.02 Å². The van der Waals surface area contributed by atoms with Gasteiger partial charge in [0.15, 0.2) is 0 Å². The first-order chi connectivity index (χ1) is 9.06. The summed E-state index contributed by atoms with van der Waals surface area (Å²) in [4.78, 5) is 0. The van der Waals surface area contributed by atoms with Crippen LogP contribution in [0.15, 0.2) is 46.9 Å². The monoisotopic (exact) mass is 338 g/mol. The Bertz CT molecular complexity index is 616. The van der Waals surface area contributed by atoms with Gasteiger partial charge in [0.05, 0.1) is 5.02 Å². The van der Waals surface area contributed by atoms with Crippen molar-refractivity contribution in [3.8, 4) is 5.75 Å². The van der Waals surface area contributed by atoms with Crippen molar-refractivity contribution in [2.24, 2.45) is 5.73 Å². The minimum Gasteiger partial charge on any atom is -0.487 e. The van der Waals surface area contributed by atoms with Crippen molar-refractivity contribution in [2.75, 3.05) is 0 Å². The molecule has 0 saturated carbocycles. The van der Waals surface area contributed by atoms with Gasteiger partial charge in [0.1, 0.15) is 18.2 Å². The zero-order valence-electron chi connectivity index (χ0n) is 9.99. The highest BCUT2D eigenvalue weighted by Gasteiger charge is 2.04. The molecule has 2 aromatic carbocycles. The predicted molar refractivity (Wildman–Crippen MR) is 80.9 cm³/mol. The van der Waals surface area contributed by atoms with E-state index in [2.05, 4.69) is 15.9 Å². The molecule has 3 nitrogen and oxygen atoms in total. The lowest BCUT2D eigenvalue weighted by Crippen LogP contribution is -2.11. The molecule has 0 amide bonds. The SMILES string of the molecule is N=C(N)c1cccc(COc2ccc(Br)cc2Cl)c1. The van der Waals surface area contributed by atoms with Gasteiger partial charge in [-0.15, -0.1) is 0 Å². The number of nitrogen functional groups attached to an aromatic ring is 1. The van der Waals surface area contributed by atoms with Crippen molar-refractivity contribution in [2.45, 2.75) is 6.61 Å². The van der Waals surface area contributed by atoms with Crippen LogP contribution in [0.3, 0.4) is 0 Å². The second kappa shape index (κ2) is 6.08. The summed E-state index contributed by atoms with van der Waals surface area (Å²) in [6, 6.07) is 12.8. The Hall–Kier alpha value is -1.52. The summed E-state index contributed by atoms with van der Waals surface area (Å²) in [5.41, 5.74) is 7.07. The van der Waals surface area contributed by atoms with Crippen molar-refractivity contribution in [1.82, 2.24) is 0 Å². The maximum absolute atomic E-state index is 7.40. The molecule has 0 spiro atoms. The number of nitrogens with two attached hydrogens (primary N) is 1. The van der Waals surface area contributed by atoms with Crippen LogP contribution >= 0.6 is 27.5 Å². The molecule has 0 radical (unpaired) electrons. The van der Waals surface area contributed by atoms with Gasteiger partial charge < -0.3 is 10.5 Å². The number of halogens is 2. The minimum atomic E-state index is 0.0449. The molecule has 19 heavy (non-hydrogen) atoms. The van der Waals surface area contributed by atoms with Gasteiger partial charge in [-0.2, -0.15) is 0 Å². The average Bonchev–Trinajstić information content (AvgIpc) is 2.38. The number of hydrogen-bond donors (Lipinski definition) is 2. The second-order valence-corrected chi connectivity index (χ2v) is 5.30. The highest BCUT2D eigenvalue weighted by molar-refractivity contribution is 9.10. The second-order valence-electron chi connectivity index (χ2n) is 3.98. The van der Waals surface area contributed by atoms with E-state index >= 15 is 0 Å². The molecule has 0 unspecified atom stereocenters. The summed E-state index contributed by atoms with van der Waals surface area (Å²) >= 11 is 9.41. The summed E-state index contributed by atoms with van der Waals surface area (Å²) in [7, 11) is 0. The Morgan fingerprint density at radius 3 is 2.74 bits per heavy atom. The van der Waals surface area contributed by atoms with E-state index < -0.39 is 0 Å². The Labute approximate surface area is 125 Å². The third-order valence-corrected chi connectivity index (χ3v) is 3.31. The normalized spacial score (nSPS) is 10.2. The van der Waals surface area contributed by atoms with Crippen LogP contribution in [0, 0.1) is 5.41 Å². The molecule has 3 N–H and O–H groups in total. The molecule has 0 aliphatic rings. The average molecular weight is 340 g/mol. The van der Waals surface area contributed by atoms with Crippen molar-refractivity contribution >= 4 is 33.4 Å². The topological polar surface area (TPSA) is 59.1 Å². The van der Waals surface area contributed by atoms with Gasteiger partial charge in [0.25, 0.3) is 0 Å². The van der Waals surface area contributed by atoms with Crippen LogP contribution in [0.25, 0.3) is 0 Å². The first-order valence-electron chi connectivity index (χ1n) is 5.57.